The first-order valence-corrected chi connectivity index (χ1v) is 30.0. The standard InChI is InChI=1S/C62H114O6/c1-4-7-10-13-16-19-22-25-28-30-31-32-35-37-40-43-46-49-52-55-61(64)67-58-59(57-66-60(63)54-51-48-45-42-39-36-33-27-24-21-18-15-12-9-6-3)68-62(65)56-53-50-47-44-41-38-34-29-26-23-20-17-14-11-8-5-2/h16,19,25,27-28,33,59H,4-15,17-18,20-24,26,29-32,34-58H2,1-3H3/b19-16-,28-25-,33-27-. The van der Waals surface area contributed by atoms with Crippen LogP contribution < -0.4 is 0 Å². The molecule has 0 spiro atoms. The van der Waals surface area contributed by atoms with Crippen molar-refractivity contribution in [1.82, 2.24) is 0 Å². The first-order chi connectivity index (χ1) is 33.5. The third-order valence-corrected chi connectivity index (χ3v) is 13.4. The number of rotatable bonds is 55. The lowest BCUT2D eigenvalue weighted by atomic mass is 10.0. The van der Waals surface area contributed by atoms with Gasteiger partial charge in [0.05, 0.1) is 0 Å². The molecule has 0 N–H and O–H groups in total. The second-order valence-electron chi connectivity index (χ2n) is 20.3. The molecule has 0 aromatic rings. The Morgan fingerprint density at radius 2 is 0.529 bits per heavy atom. The number of allylic oxidation sites excluding steroid dienone is 6. The highest BCUT2D eigenvalue weighted by Gasteiger charge is 2.19. The predicted octanol–water partition coefficient (Wildman–Crippen LogP) is 20.0. The van der Waals surface area contributed by atoms with Gasteiger partial charge in [0.1, 0.15) is 13.2 Å². The van der Waals surface area contributed by atoms with Gasteiger partial charge in [-0.15, -0.1) is 0 Å². The monoisotopic (exact) mass is 955 g/mol. The average Bonchev–Trinajstić information content (AvgIpc) is 3.34. The molecular formula is C62H114O6. The fourth-order valence-corrected chi connectivity index (χ4v) is 8.82. The molecule has 398 valence electrons. The van der Waals surface area contributed by atoms with Crippen molar-refractivity contribution in [1.29, 1.82) is 0 Å². The summed E-state index contributed by atoms with van der Waals surface area (Å²) >= 11 is 0. The van der Waals surface area contributed by atoms with Crippen LogP contribution in [-0.4, -0.2) is 37.2 Å². The van der Waals surface area contributed by atoms with Crippen molar-refractivity contribution in [3.05, 3.63) is 36.5 Å². The molecule has 0 saturated heterocycles. The number of carbonyl (C=O) groups is 3. The molecule has 0 aliphatic carbocycles. The SMILES string of the molecule is CCCCC/C=C\C/C=C\CCCCCCCCCCCC(=O)OCC(COC(=O)CCCCCCC/C=C\CCCCCCCC)OC(=O)CCCCCCCCCCCCCCCCCC. The molecule has 1 atom stereocenters. The average molecular weight is 956 g/mol. The van der Waals surface area contributed by atoms with Crippen molar-refractivity contribution >= 4 is 17.9 Å². The lowest BCUT2D eigenvalue weighted by Crippen LogP contribution is -2.30. The Bertz CT molecular complexity index is 1140. The van der Waals surface area contributed by atoms with Gasteiger partial charge in [0.25, 0.3) is 0 Å². The zero-order valence-electron chi connectivity index (χ0n) is 45.6. The molecule has 1 unspecified atom stereocenters. The van der Waals surface area contributed by atoms with Gasteiger partial charge in [-0.05, 0) is 77.0 Å². The molecule has 0 rings (SSSR count). The normalized spacial score (nSPS) is 12.2. The van der Waals surface area contributed by atoms with Gasteiger partial charge < -0.3 is 14.2 Å². The van der Waals surface area contributed by atoms with E-state index in [1.165, 1.54) is 212 Å². The zero-order chi connectivity index (χ0) is 49.3. The van der Waals surface area contributed by atoms with Crippen LogP contribution in [0.2, 0.25) is 0 Å². The first-order valence-electron chi connectivity index (χ1n) is 30.0. The molecular weight excluding hydrogens is 841 g/mol. The number of unbranched alkanes of at least 4 members (excludes halogenated alkanes) is 38. The molecule has 0 aliphatic rings. The van der Waals surface area contributed by atoms with E-state index in [9.17, 15) is 14.4 Å². The molecule has 0 fully saturated rings. The van der Waals surface area contributed by atoms with Crippen molar-refractivity contribution in [2.24, 2.45) is 0 Å². The molecule has 0 amide bonds. The van der Waals surface area contributed by atoms with Gasteiger partial charge >= 0.3 is 17.9 Å². The maximum Gasteiger partial charge on any atom is 0.306 e. The summed E-state index contributed by atoms with van der Waals surface area (Å²) in [5.41, 5.74) is 0. The van der Waals surface area contributed by atoms with Gasteiger partial charge in [-0.3, -0.25) is 14.4 Å². The molecule has 68 heavy (non-hydrogen) atoms. The lowest BCUT2D eigenvalue weighted by Gasteiger charge is -2.18. The Morgan fingerprint density at radius 3 is 0.853 bits per heavy atom. The predicted molar refractivity (Wildman–Crippen MR) is 293 cm³/mol. The van der Waals surface area contributed by atoms with Gasteiger partial charge in [-0.2, -0.15) is 0 Å². The van der Waals surface area contributed by atoms with E-state index in [1.54, 1.807) is 0 Å². The number of hydrogen-bond acceptors (Lipinski definition) is 6. The smallest absolute Gasteiger partial charge is 0.306 e. The van der Waals surface area contributed by atoms with E-state index in [2.05, 4.69) is 57.2 Å². The van der Waals surface area contributed by atoms with Crippen molar-refractivity contribution in [3.8, 4) is 0 Å². The van der Waals surface area contributed by atoms with Gasteiger partial charge in [0, 0.05) is 19.3 Å². The Balaban J connectivity index is 4.34. The second-order valence-corrected chi connectivity index (χ2v) is 20.3. The largest absolute Gasteiger partial charge is 0.462 e. The number of carbonyl (C=O) groups excluding carboxylic acids is 3. The van der Waals surface area contributed by atoms with E-state index in [-0.39, 0.29) is 31.1 Å². The van der Waals surface area contributed by atoms with Crippen LogP contribution >= 0.6 is 0 Å². The van der Waals surface area contributed by atoms with Crippen LogP contribution in [0.3, 0.4) is 0 Å². The molecule has 0 aromatic heterocycles. The van der Waals surface area contributed by atoms with Gasteiger partial charge in [-0.25, -0.2) is 0 Å². The van der Waals surface area contributed by atoms with Gasteiger partial charge in [0.2, 0.25) is 0 Å². The summed E-state index contributed by atoms with van der Waals surface area (Å²) in [7, 11) is 0. The van der Waals surface area contributed by atoms with Crippen LogP contribution in [0.15, 0.2) is 36.5 Å². The Morgan fingerprint density at radius 1 is 0.294 bits per heavy atom. The minimum absolute atomic E-state index is 0.0732. The fourth-order valence-electron chi connectivity index (χ4n) is 8.82. The summed E-state index contributed by atoms with van der Waals surface area (Å²) in [4.78, 5) is 38.2. The van der Waals surface area contributed by atoms with E-state index < -0.39 is 6.10 Å². The third kappa shape index (κ3) is 54.6. The minimum Gasteiger partial charge on any atom is -0.462 e. The fraction of sp³-hybridized carbons (Fsp3) is 0.855. The molecule has 0 bridgehead atoms. The zero-order valence-corrected chi connectivity index (χ0v) is 45.6. The summed E-state index contributed by atoms with van der Waals surface area (Å²) < 4.78 is 16.9. The molecule has 0 heterocycles. The van der Waals surface area contributed by atoms with Crippen LogP contribution in [0.25, 0.3) is 0 Å². The van der Waals surface area contributed by atoms with Crippen LogP contribution in [-0.2, 0) is 28.6 Å². The summed E-state index contributed by atoms with van der Waals surface area (Å²) in [5, 5.41) is 0. The summed E-state index contributed by atoms with van der Waals surface area (Å²) in [6.45, 7) is 6.65. The van der Waals surface area contributed by atoms with Crippen molar-refractivity contribution in [2.75, 3.05) is 13.2 Å². The Kier molecular flexibility index (Phi) is 55.2. The van der Waals surface area contributed by atoms with E-state index in [0.717, 1.165) is 70.6 Å². The van der Waals surface area contributed by atoms with Crippen LogP contribution in [0.5, 0.6) is 0 Å². The van der Waals surface area contributed by atoms with E-state index in [4.69, 9.17) is 14.2 Å². The second kappa shape index (κ2) is 57.2. The van der Waals surface area contributed by atoms with Crippen LogP contribution in [0, 0.1) is 0 Å². The molecule has 0 saturated carbocycles. The number of esters is 3. The van der Waals surface area contributed by atoms with Gasteiger partial charge in [-0.1, -0.05) is 263 Å². The quantitative estimate of drug-likeness (QED) is 0.0262. The summed E-state index contributed by atoms with van der Waals surface area (Å²) in [5.74, 6) is -0.865. The highest BCUT2D eigenvalue weighted by Crippen LogP contribution is 2.17. The van der Waals surface area contributed by atoms with Crippen LogP contribution in [0.1, 0.15) is 323 Å². The topological polar surface area (TPSA) is 78.9 Å². The maximum absolute atomic E-state index is 12.9. The minimum atomic E-state index is -0.774. The number of ether oxygens (including phenoxy) is 3. The maximum atomic E-state index is 12.9. The Hall–Kier alpha value is -2.37. The Labute approximate surface area is 423 Å². The first kappa shape index (κ1) is 65.6. The molecule has 6 heteroatoms. The van der Waals surface area contributed by atoms with Crippen molar-refractivity contribution in [3.63, 3.8) is 0 Å². The van der Waals surface area contributed by atoms with E-state index >= 15 is 0 Å². The summed E-state index contributed by atoms with van der Waals surface area (Å²) in [6, 6.07) is 0. The van der Waals surface area contributed by atoms with Crippen molar-refractivity contribution in [2.45, 2.75) is 329 Å². The van der Waals surface area contributed by atoms with Crippen molar-refractivity contribution < 1.29 is 28.6 Å². The van der Waals surface area contributed by atoms with Crippen LogP contribution in [0.4, 0.5) is 0 Å². The number of hydrogen-bond donors (Lipinski definition) is 0. The highest BCUT2D eigenvalue weighted by atomic mass is 16.6. The molecule has 0 radical (unpaired) electrons. The molecule has 0 aromatic carbocycles. The van der Waals surface area contributed by atoms with Gasteiger partial charge in [0.15, 0.2) is 6.10 Å². The molecule has 6 nitrogen and oxygen atoms in total. The van der Waals surface area contributed by atoms with E-state index in [1.807, 2.05) is 0 Å². The van der Waals surface area contributed by atoms with E-state index in [0.29, 0.717) is 19.3 Å². The third-order valence-electron chi connectivity index (χ3n) is 13.4. The highest BCUT2D eigenvalue weighted by molar-refractivity contribution is 5.71. The summed E-state index contributed by atoms with van der Waals surface area (Å²) in [6.07, 6.45) is 68.4. The lowest BCUT2D eigenvalue weighted by molar-refractivity contribution is -0.167. The molecule has 0 aliphatic heterocycles.